The van der Waals surface area contributed by atoms with E-state index in [4.69, 9.17) is 0 Å². The Labute approximate surface area is 158 Å². The highest BCUT2D eigenvalue weighted by Crippen LogP contribution is 2.20. The van der Waals surface area contributed by atoms with Gasteiger partial charge < -0.3 is 0 Å². The Hall–Kier alpha value is -4.08. The Morgan fingerprint density at radius 2 is 0.964 bits per heavy atom. The van der Waals surface area contributed by atoms with E-state index in [0.29, 0.717) is 11.4 Å². The SMILES string of the molecule is O=C1NN(c2ccccc2)C(=O)C1N=NC1C(=O)NN(c2ccccc2)C1=O. The molecule has 2 aromatic rings. The molecule has 140 valence electrons. The molecule has 2 aromatic carbocycles. The van der Waals surface area contributed by atoms with Crippen LogP contribution >= 0.6 is 0 Å². The fraction of sp³-hybridized carbons (Fsp3) is 0.111. The number of carbonyl (C=O) groups is 4. The van der Waals surface area contributed by atoms with Gasteiger partial charge >= 0.3 is 0 Å². The van der Waals surface area contributed by atoms with Crippen molar-refractivity contribution in [2.45, 2.75) is 12.1 Å². The first-order valence-electron chi connectivity index (χ1n) is 8.35. The molecule has 2 heterocycles. The van der Waals surface area contributed by atoms with E-state index in [2.05, 4.69) is 21.1 Å². The van der Waals surface area contributed by atoms with E-state index in [1.54, 1.807) is 60.7 Å². The molecule has 0 radical (unpaired) electrons. The van der Waals surface area contributed by atoms with Crippen molar-refractivity contribution in [2.24, 2.45) is 10.2 Å². The number of anilines is 2. The van der Waals surface area contributed by atoms with E-state index in [0.717, 1.165) is 10.0 Å². The number of para-hydroxylation sites is 2. The average molecular weight is 378 g/mol. The average Bonchev–Trinajstić information content (AvgIpc) is 3.17. The number of nitrogens with one attached hydrogen (secondary N) is 2. The van der Waals surface area contributed by atoms with Crippen molar-refractivity contribution < 1.29 is 19.2 Å². The molecule has 0 aliphatic carbocycles. The van der Waals surface area contributed by atoms with E-state index >= 15 is 0 Å². The summed E-state index contributed by atoms with van der Waals surface area (Å²) in [5.74, 6) is -2.68. The summed E-state index contributed by atoms with van der Waals surface area (Å²) in [5.41, 5.74) is 5.72. The van der Waals surface area contributed by atoms with Gasteiger partial charge in [-0.3, -0.25) is 30.0 Å². The number of amides is 4. The summed E-state index contributed by atoms with van der Waals surface area (Å²) in [4.78, 5) is 49.1. The molecule has 2 aliphatic rings. The number of azo groups is 1. The molecular weight excluding hydrogens is 364 g/mol. The van der Waals surface area contributed by atoms with Crippen molar-refractivity contribution in [2.75, 3.05) is 10.0 Å². The molecule has 10 nitrogen and oxygen atoms in total. The van der Waals surface area contributed by atoms with Gasteiger partial charge in [0.2, 0.25) is 12.1 Å². The standard InChI is InChI=1S/C18H14N6O4/c25-15-13(17(27)23(21-15)11-7-3-1-4-8-11)19-20-14-16(26)22-24(18(14)28)12-9-5-2-6-10-12/h1-10,13-14H,(H,21,25)(H,22,26). The molecule has 10 heteroatoms. The van der Waals surface area contributed by atoms with Crippen LogP contribution in [-0.2, 0) is 19.2 Å². The molecule has 0 bridgehead atoms. The van der Waals surface area contributed by atoms with Crippen molar-refractivity contribution in [3.63, 3.8) is 0 Å². The first-order valence-corrected chi connectivity index (χ1v) is 8.35. The summed E-state index contributed by atoms with van der Waals surface area (Å²) in [6, 6.07) is 14.0. The molecule has 2 N–H and O–H groups in total. The van der Waals surface area contributed by atoms with Crippen LogP contribution in [0.4, 0.5) is 11.4 Å². The van der Waals surface area contributed by atoms with Gasteiger partial charge in [-0.15, -0.1) is 0 Å². The summed E-state index contributed by atoms with van der Waals surface area (Å²) in [6.45, 7) is 0. The van der Waals surface area contributed by atoms with Crippen LogP contribution < -0.4 is 20.9 Å². The van der Waals surface area contributed by atoms with Crippen molar-refractivity contribution in [3.8, 4) is 0 Å². The molecule has 0 saturated carbocycles. The van der Waals surface area contributed by atoms with Crippen LogP contribution in [0.3, 0.4) is 0 Å². The van der Waals surface area contributed by atoms with Gasteiger partial charge in [-0.2, -0.15) is 10.2 Å². The van der Waals surface area contributed by atoms with Crippen molar-refractivity contribution in [1.82, 2.24) is 10.9 Å². The first kappa shape index (κ1) is 17.3. The molecule has 2 atom stereocenters. The van der Waals surface area contributed by atoms with Crippen LogP contribution in [0.5, 0.6) is 0 Å². The zero-order valence-corrected chi connectivity index (χ0v) is 14.4. The molecule has 28 heavy (non-hydrogen) atoms. The summed E-state index contributed by atoms with van der Waals surface area (Å²) < 4.78 is 0. The summed E-state index contributed by atoms with van der Waals surface area (Å²) in [5, 5.41) is 9.48. The number of hydrogen-bond donors (Lipinski definition) is 2. The Kier molecular flexibility index (Phi) is 4.28. The number of hydrazine groups is 2. The monoisotopic (exact) mass is 378 g/mol. The molecular formula is C18H14N6O4. The second-order valence-corrected chi connectivity index (χ2v) is 6.01. The second-order valence-electron chi connectivity index (χ2n) is 6.01. The molecule has 4 amide bonds. The minimum Gasteiger partial charge on any atom is -0.270 e. The molecule has 2 aliphatic heterocycles. The summed E-state index contributed by atoms with van der Waals surface area (Å²) in [7, 11) is 0. The van der Waals surface area contributed by atoms with Crippen LogP contribution in [-0.4, -0.2) is 35.7 Å². The molecule has 4 rings (SSSR count). The normalized spacial score (nSPS) is 22.1. The van der Waals surface area contributed by atoms with Crippen LogP contribution in [0.15, 0.2) is 70.9 Å². The van der Waals surface area contributed by atoms with E-state index < -0.39 is 35.7 Å². The smallest absolute Gasteiger partial charge is 0.270 e. The fourth-order valence-corrected chi connectivity index (χ4v) is 2.80. The lowest BCUT2D eigenvalue weighted by Gasteiger charge is -2.14. The third-order valence-corrected chi connectivity index (χ3v) is 4.18. The minimum absolute atomic E-state index is 0.462. The highest BCUT2D eigenvalue weighted by Gasteiger charge is 2.43. The minimum atomic E-state index is -1.47. The topological polar surface area (TPSA) is 124 Å². The van der Waals surface area contributed by atoms with Gasteiger partial charge in [-0.25, -0.2) is 10.0 Å². The Morgan fingerprint density at radius 3 is 1.32 bits per heavy atom. The number of carbonyl (C=O) groups excluding carboxylic acids is 4. The number of rotatable bonds is 4. The van der Waals surface area contributed by atoms with E-state index in [1.807, 2.05) is 0 Å². The van der Waals surface area contributed by atoms with Gasteiger partial charge in [0.05, 0.1) is 11.4 Å². The van der Waals surface area contributed by atoms with Gasteiger partial charge in [-0.05, 0) is 24.3 Å². The lowest BCUT2D eigenvalue weighted by atomic mass is 10.2. The molecule has 0 aromatic heterocycles. The summed E-state index contributed by atoms with van der Waals surface area (Å²) >= 11 is 0. The zero-order valence-electron chi connectivity index (χ0n) is 14.4. The van der Waals surface area contributed by atoms with Gasteiger partial charge in [0.25, 0.3) is 23.6 Å². The maximum absolute atomic E-state index is 12.5. The predicted octanol–water partition coefficient (Wildman–Crippen LogP) is 0.332. The fourth-order valence-electron chi connectivity index (χ4n) is 2.80. The maximum atomic E-state index is 12.5. The quantitative estimate of drug-likeness (QED) is 0.588. The lowest BCUT2D eigenvalue weighted by molar-refractivity contribution is -0.126. The molecule has 2 saturated heterocycles. The van der Waals surface area contributed by atoms with E-state index in [9.17, 15) is 19.2 Å². The van der Waals surface area contributed by atoms with E-state index in [-0.39, 0.29) is 0 Å². The van der Waals surface area contributed by atoms with Crippen LogP contribution in [0.25, 0.3) is 0 Å². The van der Waals surface area contributed by atoms with Crippen molar-refractivity contribution in [3.05, 3.63) is 60.7 Å². The maximum Gasteiger partial charge on any atom is 0.282 e. The largest absolute Gasteiger partial charge is 0.282 e. The van der Waals surface area contributed by atoms with E-state index in [1.165, 1.54) is 0 Å². The first-order chi connectivity index (χ1) is 13.6. The highest BCUT2D eigenvalue weighted by atomic mass is 16.2. The lowest BCUT2D eigenvalue weighted by Crippen LogP contribution is -2.35. The number of nitrogens with zero attached hydrogens (tertiary/aromatic N) is 4. The Morgan fingerprint density at radius 1 is 0.607 bits per heavy atom. The predicted molar refractivity (Wildman–Crippen MR) is 96.6 cm³/mol. The highest BCUT2D eigenvalue weighted by molar-refractivity contribution is 6.19. The summed E-state index contributed by atoms with van der Waals surface area (Å²) in [6.07, 6.45) is 0. The van der Waals surface area contributed by atoms with Crippen LogP contribution in [0.1, 0.15) is 0 Å². The Bertz CT molecular complexity index is 899. The van der Waals surface area contributed by atoms with Crippen molar-refractivity contribution in [1.29, 1.82) is 0 Å². The molecule has 0 spiro atoms. The van der Waals surface area contributed by atoms with Gasteiger partial charge in [-0.1, -0.05) is 36.4 Å². The number of hydrogen-bond acceptors (Lipinski definition) is 6. The molecule has 2 fully saturated rings. The second kappa shape index (κ2) is 6.91. The van der Waals surface area contributed by atoms with Gasteiger partial charge in [0, 0.05) is 0 Å². The van der Waals surface area contributed by atoms with Crippen LogP contribution in [0.2, 0.25) is 0 Å². The third-order valence-electron chi connectivity index (χ3n) is 4.18. The number of benzene rings is 2. The third kappa shape index (κ3) is 2.96. The molecule has 2 unspecified atom stereocenters. The Balaban J connectivity index is 1.51. The zero-order chi connectivity index (χ0) is 19.7. The van der Waals surface area contributed by atoms with Crippen LogP contribution in [0, 0.1) is 0 Å². The van der Waals surface area contributed by atoms with Crippen molar-refractivity contribution >= 4 is 35.0 Å². The van der Waals surface area contributed by atoms with Gasteiger partial charge in [0.15, 0.2) is 0 Å². The van der Waals surface area contributed by atoms with Gasteiger partial charge in [0.1, 0.15) is 0 Å².